The van der Waals surface area contributed by atoms with Crippen molar-refractivity contribution in [2.24, 2.45) is 11.8 Å². The highest BCUT2D eigenvalue weighted by Crippen LogP contribution is 2.38. The number of nitrogens with zero attached hydrogens (tertiary/aromatic N) is 2. The summed E-state index contributed by atoms with van der Waals surface area (Å²) in [6, 6.07) is 11.7. The van der Waals surface area contributed by atoms with Crippen LogP contribution >= 0.6 is 0 Å². The highest BCUT2D eigenvalue weighted by Gasteiger charge is 2.43. The molecule has 2 heterocycles. The molecule has 4 atom stereocenters. The van der Waals surface area contributed by atoms with Crippen LogP contribution in [0.1, 0.15) is 12.8 Å². The van der Waals surface area contributed by atoms with E-state index in [0.29, 0.717) is 17.6 Å². The summed E-state index contributed by atoms with van der Waals surface area (Å²) in [5, 5.41) is 3.49. The number of fused-ring (bicyclic) bond motifs is 1. The maximum Gasteiger partial charge on any atom is 0.260 e. The van der Waals surface area contributed by atoms with E-state index in [9.17, 15) is 9.18 Å². The van der Waals surface area contributed by atoms with Crippen LogP contribution < -0.4 is 10.1 Å². The van der Waals surface area contributed by atoms with Gasteiger partial charge in [-0.2, -0.15) is 0 Å². The van der Waals surface area contributed by atoms with E-state index in [1.54, 1.807) is 13.3 Å². The van der Waals surface area contributed by atoms with Gasteiger partial charge in [0.2, 0.25) is 0 Å². The molecule has 1 saturated carbocycles. The van der Waals surface area contributed by atoms with Crippen LogP contribution in [-0.4, -0.2) is 54.7 Å². The predicted octanol–water partition coefficient (Wildman–Crippen LogP) is 2.96. The normalized spacial score (nSPS) is 26.1. The fourth-order valence-electron chi connectivity index (χ4n) is 4.43. The summed E-state index contributed by atoms with van der Waals surface area (Å²) in [5.74, 6) is 1.83. The van der Waals surface area contributed by atoms with E-state index in [4.69, 9.17) is 9.47 Å². The molecule has 1 aromatic carbocycles. The van der Waals surface area contributed by atoms with Crippen LogP contribution in [0.25, 0.3) is 0 Å². The van der Waals surface area contributed by atoms with Gasteiger partial charge >= 0.3 is 0 Å². The molecule has 2 aromatic rings. The number of hydrogen-bond donors (Lipinski definition) is 1. The van der Waals surface area contributed by atoms with Crippen molar-refractivity contribution in [3.8, 4) is 5.75 Å². The monoisotopic (exact) mass is 399 g/mol. The first-order valence-electron chi connectivity index (χ1n) is 9.99. The molecule has 0 radical (unpaired) electrons. The zero-order valence-corrected chi connectivity index (χ0v) is 16.5. The van der Waals surface area contributed by atoms with Gasteiger partial charge in [0.15, 0.2) is 6.61 Å². The van der Waals surface area contributed by atoms with Crippen LogP contribution in [0, 0.1) is 17.7 Å². The first-order chi connectivity index (χ1) is 14.1. The largest absolute Gasteiger partial charge is 0.484 e. The number of anilines is 1. The minimum atomic E-state index is -0.325. The Bertz CT molecular complexity index is 818. The molecular formula is C22H26FN3O3. The summed E-state index contributed by atoms with van der Waals surface area (Å²) in [6.07, 6.45) is 3.70. The Morgan fingerprint density at radius 3 is 2.62 bits per heavy atom. The van der Waals surface area contributed by atoms with Gasteiger partial charge in [0.25, 0.3) is 5.91 Å². The van der Waals surface area contributed by atoms with E-state index in [1.165, 1.54) is 24.3 Å². The van der Waals surface area contributed by atoms with Gasteiger partial charge in [-0.1, -0.05) is 6.07 Å². The summed E-state index contributed by atoms with van der Waals surface area (Å²) < 4.78 is 24.3. The van der Waals surface area contributed by atoms with Gasteiger partial charge in [-0.3, -0.25) is 4.79 Å². The average molecular weight is 399 g/mol. The molecule has 6 nitrogen and oxygen atoms in total. The van der Waals surface area contributed by atoms with E-state index in [0.717, 1.165) is 31.7 Å². The van der Waals surface area contributed by atoms with Crippen molar-refractivity contribution >= 4 is 11.7 Å². The van der Waals surface area contributed by atoms with Crippen LogP contribution in [0.15, 0.2) is 48.7 Å². The molecule has 1 saturated heterocycles. The number of hydrogen-bond acceptors (Lipinski definition) is 5. The number of aromatic nitrogens is 1. The quantitative estimate of drug-likeness (QED) is 0.809. The lowest BCUT2D eigenvalue weighted by Gasteiger charge is -2.37. The Morgan fingerprint density at radius 1 is 1.17 bits per heavy atom. The minimum Gasteiger partial charge on any atom is -0.484 e. The molecule has 1 aliphatic heterocycles. The molecule has 2 aliphatic rings. The first-order valence-corrected chi connectivity index (χ1v) is 9.99. The van der Waals surface area contributed by atoms with Crippen LogP contribution in [0.5, 0.6) is 5.75 Å². The molecule has 154 valence electrons. The third-order valence-electron chi connectivity index (χ3n) is 5.95. The molecule has 0 bridgehead atoms. The van der Waals surface area contributed by atoms with Gasteiger partial charge < -0.3 is 19.7 Å². The second kappa shape index (κ2) is 8.78. The molecule has 2 fully saturated rings. The third kappa shape index (κ3) is 4.67. The lowest BCUT2D eigenvalue weighted by molar-refractivity contribution is -0.132. The van der Waals surface area contributed by atoms with Crippen LogP contribution in [0.4, 0.5) is 10.2 Å². The number of pyridine rings is 1. The molecule has 29 heavy (non-hydrogen) atoms. The average Bonchev–Trinajstić information content (AvgIpc) is 3.16. The standard InChI is InChI=1S/C22H26FN3O3/c1-28-20-11-16-13-26(22(27)14-29-18-7-5-17(23)6-8-18)12-15(16)10-19(20)25-21-4-2-3-9-24-21/h2-9,15-16,19-20H,10-14H2,1H3,(H,24,25)/t15-,16+,19-,20-/m1/s1. The summed E-state index contributed by atoms with van der Waals surface area (Å²) in [6.45, 7) is 1.42. The Labute approximate surface area is 170 Å². The Kier molecular flexibility index (Phi) is 5.94. The molecule has 7 heteroatoms. The number of benzene rings is 1. The highest BCUT2D eigenvalue weighted by atomic mass is 19.1. The number of nitrogens with one attached hydrogen (secondary N) is 1. The Hall–Kier alpha value is -2.67. The maximum atomic E-state index is 13.0. The van der Waals surface area contributed by atoms with Crippen molar-refractivity contribution < 1.29 is 18.7 Å². The fourth-order valence-corrected chi connectivity index (χ4v) is 4.43. The van der Waals surface area contributed by atoms with Gasteiger partial charge in [-0.05, 0) is 61.1 Å². The van der Waals surface area contributed by atoms with Crippen LogP contribution in [0.2, 0.25) is 0 Å². The number of carbonyl (C=O) groups is 1. The maximum absolute atomic E-state index is 13.0. The van der Waals surface area contributed by atoms with Crippen molar-refractivity contribution in [1.82, 2.24) is 9.88 Å². The van der Waals surface area contributed by atoms with Crippen molar-refractivity contribution in [3.05, 3.63) is 54.5 Å². The zero-order valence-electron chi connectivity index (χ0n) is 16.5. The molecule has 4 rings (SSSR count). The third-order valence-corrected chi connectivity index (χ3v) is 5.95. The van der Waals surface area contributed by atoms with E-state index in [-0.39, 0.29) is 30.5 Å². The number of ether oxygens (including phenoxy) is 2. The number of amides is 1. The number of carbonyl (C=O) groups excluding carboxylic acids is 1. The minimum absolute atomic E-state index is 0.0333. The van der Waals surface area contributed by atoms with E-state index >= 15 is 0 Å². The molecule has 1 aromatic heterocycles. The second-order valence-electron chi connectivity index (χ2n) is 7.77. The van der Waals surface area contributed by atoms with Gasteiger partial charge in [0, 0.05) is 26.4 Å². The van der Waals surface area contributed by atoms with Crippen molar-refractivity contribution in [2.45, 2.75) is 25.0 Å². The summed E-state index contributed by atoms with van der Waals surface area (Å²) >= 11 is 0. The van der Waals surface area contributed by atoms with E-state index in [1.807, 2.05) is 23.1 Å². The molecule has 1 amide bonds. The van der Waals surface area contributed by atoms with Gasteiger partial charge in [0.05, 0.1) is 12.1 Å². The smallest absolute Gasteiger partial charge is 0.260 e. The summed E-state index contributed by atoms with van der Waals surface area (Å²) in [7, 11) is 1.74. The zero-order chi connectivity index (χ0) is 20.2. The molecular weight excluding hydrogens is 373 g/mol. The molecule has 0 spiro atoms. The highest BCUT2D eigenvalue weighted by molar-refractivity contribution is 5.78. The summed E-state index contributed by atoms with van der Waals surface area (Å²) in [5.41, 5.74) is 0. The van der Waals surface area contributed by atoms with Gasteiger partial charge in [-0.25, -0.2) is 9.37 Å². The topological polar surface area (TPSA) is 63.7 Å². The SMILES string of the molecule is CO[C@@H]1C[C@H]2CN(C(=O)COc3ccc(F)cc3)C[C@H]2C[C@H]1Nc1ccccn1. The lowest BCUT2D eigenvalue weighted by atomic mass is 9.77. The van der Waals surface area contributed by atoms with Crippen molar-refractivity contribution in [1.29, 1.82) is 0 Å². The van der Waals surface area contributed by atoms with Crippen molar-refractivity contribution in [2.75, 3.05) is 32.1 Å². The number of rotatable bonds is 6. The van der Waals surface area contributed by atoms with Gasteiger partial charge in [-0.15, -0.1) is 0 Å². The van der Waals surface area contributed by atoms with Gasteiger partial charge in [0.1, 0.15) is 17.4 Å². The number of halogens is 1. The summed E-state index contributed by atoms with van der Waals surface area (Å²) in [4.78, 5) is 18.9. The van der Waals surface area contributed by atoms with E-state index < -0.39 is 0 Å². The molecule has 1 N–H and O–H groups in total. The fraction of sp³-hybridized carbons (Fsp3) is 0.455. The van der Waals surface area contributed by atoms with E-state index in [2.05, 4.69) is 10.3 Å². The Morgan fingerprint density at radius 2 is 1.93 bits per heavy atom. The lowest BCUT2D eigenvalue weighted by Crippen LogP contribution is -2.44. The second-order valence-corrected chi connectivity index (χ2v) is 7.77. The number of methoxy groups -OCH3 is 1. The molecule has 1 aliphatic carbocycles. The van der Waals surface area contributed by atoms with Crippen LogP contribution in [-0.2, 0) is 9.53 Å². The Balaban J connectivity index is 1.33. The molecule has 0 unspecified atom stereocenters. The predicted molar refractivity (Wildman–Crippen MR) is 107 cm³/mol. The van der Waals surface area contributed by atoms with Crippen molar-refractivity contribution in [3.63, 3.8) is 0 Å². The van der Waals surface area contributed by atoms with Crippen LogP contribution in [0.3, 0.4) is 0 Å². The number of likely N-dealkylation sites (tertiary alicyclic amines) is 1. The first kappa shape index (κ1) is 19.6.